The van der Waals surface area contributed by atoms with Crippen LogP contribution >= 0.6 is 11.6 Å². The largest absolute Gasteiger partial charge is 0.380 e. The number of hydrogen-bond acceptors (Lipinski definition) is 2. The number of aromatic nitrogens is 1. The maximum atomic E-state index is 13.1. The van der Waals surface area contributed by atoms with E-state index < -0.39 is 0 Å². The molecule has 2 aromatic carbocycles. The monoisotopic (exact) mass is 300 g/mol. The molecule has 0 aliphatic heterocycles. The fourth-order valence-electron chi connectivity index (χ4n) is 2.36. The minimum absolute atomic E-state index is 0.337. The van der Waals surface area contributed by atoms with E-state index in [0.717, 1.165) is 27.8 Å². The van der Waals surface area contributed by atoms with Crippen LogP contribution in [0.2, 0.25) is 5.02 Å². The van der Waals surface area contributed by atoms with Crippen molar-refractivity contribution in [3.63, 3.8) is 0 Å². The molecular formula is C17H14ClFN2. The second-order valence-corrected chi connectivity index (χ2v) is 5.32. The molecule has 0 atom stereocenters. The number of fused-ring (bicyclic) bond motifs is 1. The van der Waals surface area contributed by atoms with Gasteiger partial charge in [0.1, 0.15) is 5.82 Å². The van der Waals surface area contributed by atoms with E-state index in [2.05, 4.69) is 10.3 Å². The average molecular weight is 301 g/mol. The first-order valence-electron chi connectivity index (χ1n) is 6.68. The van der Waals surface area contributed by atoms with E-state index in [-0.39, 0.29) is 5.82 Å². The fourth-order valence-corrected chi connectivity index (χ4v) is 2.60. The van der Waals surface area contributed by atoms with E-state index in [1.165, 1.54) is 12.1 Å². The minimum atomic E-state index is -0.337. The van der Waals surface area contributed by atoms with Crippen LogP contribution in [-0.4, -0.2) is 4.98 Å². The van der Waals surface area contributed by atoms with E-state index in [9.17, 15) is 4.39 Å². The molecule has 0 radical (unpaired) electrons. The molecule has 0 amide bonds. The highest BCUT2D eigenvalue weighted by Gasteiger charge is 2.05. The third-order valence-corrected chi connectivity index (χ3v) is 3.64. The number of hydrogen-bond donors (Lipinski definition) is 1. The summed E-state index contributed by atoms with van der Waals surface area (Å²) in [5.74, 6) is -0.337. The molecule has 106 valence electrons. The second kappa shape index (κ2) is 5.70. The summed E-state index contributed by atoms with van der Waals surface area (Å²) in [6, 6.07) is 14.4. The molecule has 1 heterocycles. The van der Waals surface area contributed by atoms with Crippen LogP contribution < -0.4 is 5.32 Å². The first-order chi connectivity index (χ1) is 10.1. The summed E-state index contributed by atoms with van der Waals surface area (Å²) in [7, 11) is 0. The van der Waals surface area contributed by atoms with E-state index in [1.807, 2.05) is 37.3 Å². The van der Waals surface area contributed by atoms with E-state index in [4.69, 9.17) is 11.6 Å². The van der Waals surface area contributed by atoms with E-state index in [1.54, 1.807) is 6.07 Å². The topological polar surface area (TPSA) is 24.9 Å². The molecule has 0 saturated heterocycles. The van der Waals surface area contributed by atoms with Gasteiger partial charge in [0.15, 0.2) is 0 Å². The number of para-hydroxylation sites is 1. The number of pyridine rings is 1. The van der Waals surface area contributed by atoms with Gasteiger partial charge in [-0.25, -0.2) is 4.39 Å². The van der Waals surface area contributed by atoms with Crippen molar-refractivity contribution in [3.8, 4) is 0 Å². The Bertz CT molecular complexity index is 802. The number of nitrogens with zero attached hydrogens (tertiary/aromatic N) is 1. The van der Waals surface area contributed by atoms with Crippen molar-refractivity contribution in [2.24, 2.45) is 0 Å². The minimum Gasteiger partial charge on any atom is -0.380 e. The smallest absolute Gasteiger partial charge is 0.124 e. The van der Waals surface area contributed by atoms with Crippen LogP contribution in [0.4, 0.5) is 10.1 Å². The lowest BCUT2D eigenvalue weighted by Crippen LogP contribution is -2.02. The number of rotatable bonds is 3. The average Bonchev–Trinajstić information content (AvgIpc) is 2.46. The summed E-state index contributed by atoms with van der Waals surface area (Å²) < 4.78 is 13.1. The molecule has 0 bridgehead atoms. The lowest BCUT2D eigenvalue weighted by molar-refractivity contribution is 0.628. The highest BCUT2D eigenvalue weighted by atomic mass is 35.5. The predicted octanol–water partition coefficient (Wildman–Crippen LogP) is 4.95. The van der Waals surface area contributed by atoms with Crippen molar-refractivity contribution in [3.05, 3.63) is 70.6 Å². The van der Waals surface area contributed by atoms with Crippen molar-refractivity contribution >= 4 is 28.2 Å². The molecule has 0 spiro atoms. The Morgan fingerprint density at radius 1 is 1.14 bits per heavy atom. The van der Waals surface area contributed by atoms with Gasteiger partial charge < -0.3 is 5.32 Å². The highest BCUT2D eigenvalue weighted by molar-refractivity contribution is 6.33. The van der Waals surface area contributed by atoms with Gasteiger partial charge in [0.2, 0.25) is 0 Å². The lowest BCUT2D eigenvalue weighted by Gasteiger charge is -2.11. The number of anilines is 1. The Labute approximate surface area is 127 Å². The first-order valence-corrected chi connectivity index (χ1v) is 7.05. The summed E-state index contributed by atoms with van der Waals surface area (Å²) in [6.45, 7) is 2.58. The van der Waals surface area contributed by atoms with E-state index >= 15 is 0 Å². The SMILES string of the molecule is Cc1cc(CNc2ccc(F)cc2Cl)c2ccccc2n1. The molecule has 1 aromatic heterocycles. The molecule has 21 heavy (non-hydrogen) atoms. The van der Waals surface area contributed by atoms with Crippen molar-refractivity contribution in [2.75, 3.05) is 5.32 Å². The quantitative estimate of drug-likeness (QED) is 0.740. The fraction of sp³-hybridized carbons (Fsp3) is 0.118. The zero-order valence-corrected chi connectivity index (χ0v) is 12.3. The van der Waals surface area contributed by atoms with Crippen molar-refractivity contribution in [1.29, 1.82) is 0 Å². The zero-order valence-electron chi connectivity index (χ0n) is 11.5. The third kappa shape index (κ3) is 2.98. The Morgan fingerprint density at radius 3 is 2.76 bits per heavy atom. The van der Waals surface area contributed by atoms with Crippen LogP contribution in [0.15, 0.2) is 48.5 Å². The first kappa shape index (κ1) is 13.8. The number of benzene rings is 2. The molecule has 1 N–H and O–H groups in total. The molecule has 0 saturated carbocycles. The molecular weight excluding hydrogens is 287 g/mol. The summed E-state index contributed by atoms with van der Waals surface area (Å²) in [6.07, 6.45) is 0. The van der Waals surface area contributed by atoms with Gasteiger partial charge in [0, 0.05) is 17.6 Å². The van der Waals surface area contributed by atoms with Gasteiger partial charge in [-0.15, -0.1) is 0 Å². The van der Waals surface area contributed by atoms with Crippen LogP contribution in [0.3, 0.4) is 0 Å². The number of nitrogens with one attached hydrogen (secondary N) is 1. The maximum Gasteiger partial charge on any atom is 0.124 e. The Balaban J connectivity index is 1.91. The van der Waals surface area contributed by atoms with Crippen LogP contribution in [-0.2, 0) is 6.54 Å². The molecule has 2 nitrogen and oxygen atoms in total. The van der Waals surface area contributed by atoms with Gasteiger partial charge in [0.05, 0.1) is 16.2 Å². The molecule has 0 aliphatic rings. The van der Waals surface area contributed by atoms with Gasteiger partial charge in [-0.2, -0.15) is 0 Å². The van der Waals surface area contributed by atoms with Gasteiger partial charge in [-0.3, -0.25) is 4.98 Å². The molecule has 3 rings (SSSR count). The standard InChI is InChI=1S/C17H14ClFN2/c1-11-8-12(14-4-2-3-5-16(14)21-11)10-20-17-7-6-13(19)9-15(17)18/h2-9,20H,10H2,1H3. The molecule has 0 fully saturated rings. The number of halogens is 2. The van der Waals surface area contributed by atoms with Crippen LogP contribution in [0.25, 0.3) is 10.9 Å². The normalized spacial score (nSPS) is 10.8. The maximum absolute atomic E-state index is 13.1. The van der Waals surface area contributed by atoms with Gasteiger partial charge >= 0.3 is 0 Å². The number of aryl methyl sites for hydroxylation is 1. The molecule has 0 unspecified atom stereocenters. The summed E-state index contributed by atoms with van der Waals surface area (Å²) in [5.41, 5.74) is 3.80. The summed E-state index contributed by atoms with van der Waals surface area (Å²) in [4.78, 5) is 4.52. The van der Waals surface area contributed by atoms with Gasteiger partial charge in [-0.1, -0.05) is 29.8 Å². The predicted molar refractivity (Wildman–Crippen MR) is 85.2 cm³/mol. The van der Waals surface area contributed by atoms with Crippen molar-refractivity contribution < 1.29 is 4.39 Å². The third-order valence-electron chi connectivity index (χ3n) is 3.33. The summed E-state index contributed by atoms with van der Waals surface area (Å²) in [5, 5.41) is 4.73. The Kier molecular flexibility index (Phi) is 3.76. The molecule has 0 aliphatic carbocycles. The van der Waals surface area contributed by atoms with Crippen molar-refractivity contribution in [1.82, 2.24) is 4.98 Å². The molecule has 3 aromatic rings. The van der Waals surface area contributed by atoms with Crippen LogP contribution in [0.1, 0.15) is 11.3 Å². The molecule has 4 heteroatoms. The Morgan fingerprint density at radius 2 is 1.95 bits per heavy atom. The lowest BCUT2D eigenvalue weighted by atomic mass is 10.1. The van der Waals surface area contributed by atoms with Crippen LogP contribution in [0, 0.1) is 12.7 Å². The summed E-state index contributed by atoms with van der Waals surface area (Å²) >= 11 is 6.03. The van der Waals surface area contributed by atoms with Crippen LogP contribution in [0.5, 0.6) is 0 Å². The van der Waals surface area contributed by atoms with Crippen molar-refractivity contribution in [2.45, 2.75) is 13.5 Å². The van der Waals surface area contributed by atoms with Gasteiger partial charge in [0.25, 0.3) is 0 Å². The highest BCUT2D eigenvalue weighted by Crippen LogP contribution is 2.24. The van der Waals surface area contributed by atoms with E-state index in [0.29, 0.717) is 11.6 Å². The second-order valence-electron chi connectivity index (χ2n) is 4.92. The Hall–Kier alpha value is -2.13. The van der Waals surface area contributed by atoms with Gasteiger partial charge in [-0.05, 0) is 42.8 Å². The zero-order chi connectivity index (χ0) is 14.8.